The van der Waals surface area contributed by atoms with Crippen molar-refractivity contribution in [2.45, 2.75) is 63.2 Å². The van der Waals surface area contributed by atoms with Gasteiger partial charge in [0.15, 0.2) is 0 Å². The minimum atomic E-state index is 0. The fourth-order valence-corrected chi connectivity index (χ4v) is 7.90. The van der Waals surface area contributed by atoms with E-state index in [0.29, 0.717) is 11.8 Å². The number of hydrogen-bond acceptors (Lipinski definition) is 4. The maximum atomic E-state index is 4.55. The molecule has 0 amide bonds. The van der Waals surface area contributed by atoms with E-state index in [0.717, 1.165) is 35.1 Å². The Bertz CT molecular complexity index is 1270. The molecule has 8 rings (SSSR count). The van der Waals surface area contributed by atoms with Crippen LogP contribution < -0.4 is 0 Å². The average molecular weight is 602 g/mol. The SMILES string of the molecule is [Ru+3].c1ccc(-c2cc(C3CC4CCC3C4)ncn2)cc1.c1ccc(-c2cc(C3CC4CCC3C4)ncn2)cc1. The topological polar surface area (TPSA) is 51.6 Å². The molecule has 4 bridgehead atoms. The molecular weight excluding hydrogens is 565 g/mol. The molecule has 2 aromatic carbocycles. The standard InChI is InChI=1S/2C17H18N2.Ru/c2*1-2-4-13(5-3-1)16-10-17(19-11-18-16)15-9-12-6-7-14(15)8-12;/h2*1-5,10-12,14-15H,6-9H2;/q;;+3. The zero-order valence-electron chi connectivity index (χ0n) is 22.3. The summed E-state index contributed by atoms with van der Waals surface area (Å²) in [6, 6.07) is 25.2. The zero-order valence-corrected chi connectivity index (χ0v) is 24.1. The third-order valence-electron chi connectivity index (χ3n) is 9.75. The van der Waals surface area contributed by atoms with Crippen LogP contribution in [-0.2, 0) is 19.5 Å². The molecule has 6 unspecified atom stereocenters. The van der Waals surface area contributed by atoms with Crippen molar-refractivity contribution < 1.29 is 19.5 Å². The van der Waals surface area contributed by atoms with Crippen LogP contribution in [0.2, 0.25) is 0 Å². The second-order valence-electron chi connectivity index (χ2n) is 12.0. The normalized spacial score (nSPS) is 28.0. The minimum absolute atomic E-state index is 0. The Hall–Kier alpha value is -2.78. The Balaban J connectivity index is 0.000000138. The summed E-state index contributed by atoms with van der Waals surface area (Å²) in [6.45, 7) is 0. The quantitative estimate of drug-likeness (QED) is 0.222. The van der Waals surface area contributed by atoms with Crippen LogP contribution in [0.4, 0.5) is 0 Å². The maximum absolute atomic E-state index is 4.55. The molecule has 197 valence electrons. The van der Waals surface area contributed by atoms with Crippen molar-refractivity contribution in [3.63, 3.8) is 0 Å². The van der Waals surface area contributed by atoms with Crippen LogP contribution in [0.25, 0.3) is 22.5 Å². The van der Waals surface area contributed by atoms with E-state index in [1.165, 1.54) is 73.9 Å². The van der Waals surface area contributed by atoms with Gasteiger partial charge in [-0.25, -0.2) is 19.9 Å². The van der Waals surface area contributed by atoms with Crippen LogP contribution in [0.3, 0.4) is 0 Å². The van der Waals surface area contributed by atoms with Crippen LogP contribution in [0.5, 0.6) is 0 Å². The molecule has 1 radical (unpaired) electrons. The monoisotopic (exact) mass is 602 g/mol. The number of rotatable bonds is 4. The molecule has 5 heteroatoms. The first-order valence-corrected chi connectivity index (χ1v) is 14.5. The summed E-state index contributed by atoms with van der Waals surface area (Å²) >= 11 is 0. The fourth-order valence-electron chi connectivity index (χ4n) is 7.90. The van der Waals surface area contributed by atoms with E-state index in [1.807, 2.05) is 12.1 Å². The first kappa shape index (κ1) is 26.4. The number of aromatic nitrogens is 4. The summed E-state index contributed by atoms with van der Waals surface area (Å²) in [7, 11) is 0. The predicted octanol–water partition coefficient (Wildman–Crippen LogP) is 8.09. The van der Waals surface area contributed by atoms with Crippen molar-refractivity contribution in [2.75, 3.05) is 0 Å². The Morgan fingerprint density at radius 3 is 1.28 bits per heavy atom. The number of nitrogens with zero attached hydrogens (tertiary/aromatic N) is 4. The van der Waals surface area contributed by atoms with E-state index in [9.17, 15) is 0 Å². The van der Waals surface area contributed by atoms with Gasteiger partial charge in [0.05, 0.1) is 11.4 Å². The van der Waals surface area contributed by atoms with E-state index in [-0.39, 0.29) is 19.5 Å². The van der Waals surface area contributed by atoms with Gasteiger partial charge in [0.25, 0.3) is 0 Å². The van der Waals surface area contributed by atoms with Crippen LogP contribution in [0.1, 0.15) is 74.6 Å². The van der Waals surface area contributed by atoms with Gasteiger partial charge in [-0.2, -0.15) is 0 Å². The minimum Gasteiger partial charge on any atom is -0.241 e. The van der Waals surface area contributed by atoms with Gasteiger partial charge < -0.3 is 0 Å². The Kier molecular flexibility index (Phi) is 7.98. The van der Waals surface area contributed by atoms with Crippen molar-refractivity contribution >= 4 is 0 Å². The van der Waals surface area contributed by atoms with Crippen LogP contribution in [0, 0.1) is 23.7 Å². The molecule has 4 aliphatic carbocycles. The smallest absolute Gasteiger partial charge is 0.241 e. The molecule has 2 heterocycles. The van der Waals surface area contributed by atoms with Gasteiger partial charge in [0.2, 0.25) is 0 Å². The molecule has 0 aliphatic heterocycles. The molecule has 4 fully saturated rings. The average Bonchev–Trinajstić information content (AvgIpc) is 3.82. The number of fused-ring (bicyclic) bond motifs is 4. The Morgan fingerprint density at radius 2 is 0.923 bits per heavy atom. The maximum Gasteiger partial charge on any atom is 3.00 e. The summed E-state index contributed by atoms with van der Waals surface area (Å²) in [5.74, 6) is 5.05. The largest absolute Gasteiger partial charge is 3.00 e. The molecule has 2 aromatic heterocycles. The molecular formula is C34H36N4Ru+3. The van der Waals surface area contributed by atoms with Crippen LogP contribution in [0.15, 0.2) is 85.5 Å². The van der Waals surface area contributed by atoms with Crippen LogP contribution >= 0.6 is 0 Å². The molecule has 4 nitrogen and oxygen atoms in total. The van der Waals surface area contributed by atoms with E-state index in [1.54, 1.807) is 12.7 Å². The van der Waals surface area contributed by atoms with E-state index in [4.69, 9.17) is 0 Å². The van der Waals surface area contributed by atoms with Gasteiger partial charge in [-0.3, -0.25) is 0 Å². The zero-order chi connectivity index (χ0) is 25.3. The summed E-state index contributed by atoms with van der Waals surface area (Å²) in [5.41, 5.74) is 7.03. The predicted molar refractivity (Wildman–Crippen MR) is 151 cm³/mol. The van der Waals surface area contributed by atoms with Crippen molar-refractivity contribution in [1.29, 1.82) is 0 Å². The molecule has 0 N–H and O–H groups in total. The molecule has 0 spiro atoms. The Labute approximate surface area is 244 Å². The summed E-state index contributed by atoms with van der Waals surface area (Å²) < 4.78 is 0. The van der Waals surface area contributed by atoms with Crippen molar-refractivity contribution in [3.05, 3.63) is 96.8 Å². The van der Waals surface area contributed by atoms with Gasteiger partial charge in [0, 0.05) is 34.4 Å². The van der Waals surface area contributed by atoms with Gasteiger partial charge in [-0.05, 0) is 74.3 Å². The molecule has 4 aliphatic rings. The van der Waals surface area contributed by atoms with E-state index in [2.05, 4.69) is 80.6 Å². The number of hydrogen-bond donors (Lipinski definition) is 0. The first-order chi connectivity index (χ1) is 18.8. The summed E-state index contributed by atoms with van der Waals surface area (Å²) in [5, 5.41) is 0. The second kappa shape index (κ2) is 11.8. The van der Waals surface area contributed by atoms with Crippen molar-refractivity contribution in [3.8, 4) is 22.5 Å². The second-order valence-corrected chi connectivity index (χ2v) is 12.0. The van der Waals surface area contributed by atoms with Gasteiger partial charge >= 0.3 is 19.5 Å². The first-order valence-electron chi connectivity index (χ1n) is 14.5. The fraction of sp³-hybridized carbons (Fsp3) is 0.412. The third-order valence-corrected chi connectivity index (χ3v) is 9.75. The molecule has 0 saturated heterocycles. The van der Waals surface area contributed by atoms with Gasteiger partial charge in [-0.1, -0.05) is 73.5 Å². The Morgan fingerprint density at radius 1 is 0.487 bits per heavy atom. The van der Waals surface area contributed by atoms with E-state index >= 15 is 0 Å². The molecule has 4 aromatic rings. The van der Waals surface area contributed by atoms with Gasteiger partial charge in [-0.15, -0.1) is 0 Å². The van der Waals surface area contributed by atoms with E-state index < -0.39 is 0 Å². The van der Waals surface area contributed by atoms with Crippen LogP contribution in [-0.4, -0.2) is 19.9 Å². The summed E-state index contributed by atoms with van der Waals surface area (Å²) in [4.78, 5) is 18.0. The molecule has 4 saturated carbocycles. The van der Waals surface area contributed by atoms with Gasteiger partial charge in [0.1, 0.15) is 12.7 Å². The molecule has 39 heavy (non-hydrogen) atoms. The van der Waals surface area contributed by atoms with Crippen molar-refractivity contribution in [2.24, 2.45) is 23.7 Å². The number of benzene rings is 2. The van der Waals surface area contributed by atoms with Crippen molar-refractivity contribution in [1.82, 2.24) is 19.9 Å². The third kappa shape index (κ3) is 5.61. The molecule has 6 atom stereocenters. The summed E-state index contributed by atoms with van der Waals surface area (Å²) in [6.07, 6.45) is 14.7.